The SMILES string of the molecule is C=C/C=C(N)\C(=C/C=C)NNC. The fraction of sp³-hybridized carbons (Fsp3) is 0.111. The number of nitrogens with two attached hydrogens (primary N) is 1. The Morgan fingerprint density at radius 3 is 2.25 bits per heavy atom. The Labute approximate surface area is 73.3 Å². The topological polar surface area (TPSA) is 50.1 Å². The molecule has 0 amide bonds. The molecule has 0 saturated heterocycles. The van der Waals surface area contributed by atoms with Crippen LogP contribution in [0.15, 0.2) is 48.9 Å². The first-order valence-corrected chi connectivity index (χ1v) is 3.60. The maximum absolute atomic E-state index is 5.67. The summed E-state index contributed by atoms with van der Waals surface area (Å²) in [7, 11) is 1.76. The van der Waals surface area contributed by atoms with Crippen LogP contribution in [0.25, 0.3) is 0 Å². The summed E-state index contributed by atoms with van der Waals surface area (Å²) in [6.07, 6.45) is 6.76. The smallest absolute Gasteiger partial charge is 0.0717 e. The zero-order valence-corrected chi connectivity index (χ0v) is 7.30. The Morgan fingerprint density at radius 1 is 1.25 bits per heavy atom. The molecule has 0 heterocycles. The average Bonchev–Trinajstić information content (AvgIpc) is 2.04. The van der Waals surface area contributed by atoms with Crippen molar-refractivity contribution in [3.8, 4) is 0 Å². The van der Waals surface area contributed by atoms with E-state index in [1.165, 1.54) is 0 Å². The average molecular weight is 165 g/mol. The van der Waals surface area contributed by atoms with Crippen LogP contribution in [0.5, 0.6) is 0 Å². The van der Waals surface area contributed by atoms with Crippen molar-refractivity contribution in [2.24, 2.45) is 5.73 Å². The van der Waals surface area contributed by atoms with E-state index in [2.05, 4.69) is 24.0 Å². The summed E-state index contributed by atoms with van der Waals surface area (Å²) < 4.78 is 0. The van der Waals surface area contributed by atoms with Gasteiger partial charge in [-0.05, 0) is 12.2 Å². The molecule has 0 aromatic heterocycles. The van der Waals surface area contributed by atoms with Crippen molar-refractivity contribution < 1.29 is 0 Å². The lowest BCUT2D eigenvalue weighted by Crippen LogP contribution is -2.29. The monoisotopic (exact) mass is 165 g/mol. The van der Waals surface area contributed by atoms with Gasteiger partial charge in [0.15, 0.2) is 0 Å². The van der Waals surface area contributed by atoms with Crippen LogP contribution in [0, 0.1) is 0 Å². The van der Waals surface area contributed by atoms with Gasteiger partial charge in [0, 0.05) is 7.05 Å². The third-order valence-corrected chi connectivity index (χ3v) is 1.15. The third kappa shape index (κ3) is 3.63. The summed E-state index contributed by atoms with van der Waals surface area (Å²) in [6.45, 7) is 7.12. The Morgan fingerprint density at radius 2 is 1.83 bits per heavy atom. The van der Waals surface area contributed by atoms with Gasteiger partial charge in [-0.25, -0.2) is 5.43 Å². The highest BCUT2D eigenvalue weighted by molar-refractivity contribution is 5.31. The molecule has 0 fully saturated rings. The molecule has 0 unspecified atom stereocenters. The van der Waals surface area contributed by atoms with Crippen LogP contribution < -0.4 is 16.6 Å². The van der Waals surface area contributed by atoms with E-state index in [0.717, 1.165) is 5.70 Å². The first kappa shape index (κ1) is 10.5. The van der Waals surface area contributed by atoms with Crippen LogP contribution in [-0.4, -0.2) is 7.05 Å². The molecule has 3 heteroatoms. The summed E-state index contributed by atoms with van der Waals surface area (Å²) in [6, 6.07) is 0. The molecule has 0 aromatic rings. The molecule has 4 N–H and O–H groups in total. The van der Waals surface area contributed by atoms with E-state index >= 15 is 0 Å². The molecule has 0 atom stereocenters. The Bertz CT molecular complexity index is 214. The molecule has 0 saturated carbocycles. The van der Waals surface area contributed by atoms with E-state index in [0.29, 0.717) is 5.70 Å². The molecule has 0 rings (SSSR count). The molecule has 0 radical (unpaired) electrons. The van der Waals surface area contributed by atoms with Crippen LogP contribution in [-0.2, 0) is 0 Å². The first-order valence-electron chi connectivity index (χ1n) is 3.60. The zero-order chi connectivity index (χ0) is 9.40. The summed E-state index contributed by atoms with van der Waals surface area (Å²) in [5, 5.41) is 0. The lowest BCUT2D eigenvalue weighted by Gasteiger charge is -2.08. The quantitative estimate of drug-likeness (QED) is 0.417. The summed E-state index contributed by atoms with van der Waals surface area (Å²) in [5.41, 5.74) is 12.7. The molecule has 0 aliphatic rings. The largest absolute Gasteiger partial charge is 0.397 e. The van der Waals surface area contributed by atoms with Crippen LogP contribution in [0.2, 0.25) is 0 Å². The molecule has 0 aliphatic heterocycles. The van der Waals surface area contributed by atoms with E-state index in [4.69, 9.17) is 5.73 Å². The highest BCUT2D eigenvalue weighted by Gasteiger charge is 1.94. The van der Waals surface area contributed by atoms with Gasteiger partial charge >= 0.3 is 0 Å². The Balaban J connectivity index is 4.49. The fourth-order valence-corrected chi connectivity index (χ4v) is 0.679. The van der Waals surface area contributed by atoms with Gasteiger partial charge in [0.2, 0.25) is 0 Å². The van der Waals surface area contributed by atoms with Crippen LogP contribution in [0.1, 0.15) is 0 Å². The second kappa shape index (κ2) is 6.24. The molecular weight excluding hydrogens is 150 g/mol. The summed E-state index contributed by atoms with van der Waals surface area (Å²) in [4.78, 5) is 0. The maximum Gasteiger partial charge on any atom is 0.0717 e. The minimum atomic E-state index is 0.610. The summed E-state index contributed by atoms with van der Waals surface area (Å²) >= 11 is 0. The number of rotatable bonds is 5. The molecular formula is C9H15N3. The molecule has 0 bridgehead atoms. The molecule has 0 aromatic carbocycles. The normalized spacial score (nSPS) is 12.4. The highest BCUT2D eigenvalue weighted by Crippen LogP contribution is 1.98. The number of hydrogen-bond donors (Lipinski definition) is 3. The number of hydrazine groups is 1. The Hall–Kier alpha value is -1.48. The van der Waals surface area contributed by atoms with Crippen molar-refractivity contribution in [1.82, 2.24) is 10.9 Å². The molecule has 3 nitrogen and oxygen atoms in total. The van der Waals surface area contributed by atoms with Crippen molar-refractivity contribution in [2.75, 3.05) is 7.05 Å². The van der Waals surface area contributed by atoms with Crippen molar-refractivity contribution in [3.63, 3.8) is 0 Å². The summed E-state index contributed by atoms with van der Waals surface area (Å²) in [5.74, 6) is 0. The van der Waals surface area contributed by atoms with Gasteiger partial charge in [-0.2, -0.15) is 0 Å². The minimum Gasteiger partial charge on any atom is -0.397 e. The second-order valence-corrected chi connectivity index (χ2v) is 2.05. The van der Waals surface area contributed by atoms with Gasteiger partial charge < -0.3 is 11.2 Å². The van der Waals surface area contributed by atoms with Crippen LogP contribution >= 0.6 is 0 Å². The lowest BCUT2D eigenvalue weighted by molar-refractivity contribution is 0.694. The van der Waals surface area contributed by atoms with Crippen LogP contribution in [0.3, 0.4) is 0 Å². The van der Waals surface area contributed by atoms with Gasteiger partial charge in [-0.3, -0.25) is 0 Å². The van der Waals surface area contributed by atoms with Gasteiger partial charge in [-0.15, -0.1) is 0 Å². The van der Waals surface area contributed by atoms with Crippen molar-refractivity contribution in [3.05, 3.63) is 48.9 Å². The second-order valence-electron chi connectivity index (χ2n) is 2.05. The van der Waals surface area contributed by atoms with E-state index < -0.39 is 0 Å². The van der Waals surface area contributed by atoms with Gasteiger partial charge in [0.1, 0.15) is 0 Å². The zero-order valence-electron chi connectivity index (χ0n) is 7.30. The van der Waals surface area contributed by atoms with Crippen molar-refractivity contribution in [1.29, 1.82) is 0 Å². The van der Waals surface area contributed by atoms with Gasteiger partial charge in [-0.1, -0.05) is 25.3 Å². The standard InChI is InChI=1S/C9H15N3/c1-4-6-8(10)9(7-5-2)12-11-3/h4-7,11-12H,1-2,10H2,3H3/b8-6+,9-7+. The fourth-order valence-electron chi connectivity index (χ4n) is 0.679. The molecule has 0 spiro atoms. The van der Waals surface area contributed by atoms with Gasteiger partial charge in [0.05, 0.1) is 11.4 Å². The lowest BCUT2D eigenvalue weighted by atomic mass is 10.3. The van der Waals surface area contributed by atoms with E-state index in [9.17, 15) is 0 Å². The third-order valence-electron chi connectivity index (χ3n) is 1.15. The maximum atomic E-state index is 5.67. The first-order chi connectivity index (χ1) is 5.76. The number of nitrogens with one attached hydrogen (secondary N) is 2. The molecule has 0 aliphatic carbocycles. The van der Waals surface area contributed by atoms with Gasteiger partial charge in [0.25, 0.3) is 0 Å². The van der Waals surface area contributed by atoms with E-state index in [-0.39, 0.29) is 0 Å². The molecule has 12 heavy (non-hydrogen) atoms. The minimum absolute atomic E-state index is 0.610. The van der Waals surface area contributed by atoms with E-state index in [1.54, 1.807) is 31.4 Å². The van der Waals surface area contributed by atoms with Crippen LogP contribution in [0.4, 0.5) is 0 Å². The van der Waals surface area contributed by atoms with Crippen molar-refractivity contribution >= 4 is 0 Å². The highest BCUT2D eigenvalue weighted by atomic mass is 15.3. The van der Waals surface area contributed by atoms with E-state index in [1.807, 2.05) is 0 Å². The number of allylic oxidation sites excluding steroid dienone is 4. The Kier molecular flexibility index (Phi) is 5.47. The predicted octanol–water partition coefficient (Wildman–Crippen LogP) is 0.809. The number of hydrogen-bond acceptors (Lipinski definition) is 3. The predicted molar refractivity (Wildman–Crippen MR) is 52.9 cm³/mol. The molecule has 66 valence electrons. The van der Waals surface area contributed by atoms with Crippen molar-refractivity contribution in [2.45, 2.75) is 0 Å².